The number of halogens is 2. The van der Waals surface area contributed by atoms with Crippen LogP contribution in [0.5, 0.6) is 11.5 Å². The Morgan fingerprint density at radius 1 is 1.21 bits per heavy atom. The van der Waals surface area contributed by atoms with Gasteiger partial charge in [0, 0.05) is 9.50 Å². The van der Waals surface area contributed by atoms with Crippen molar-refractivity contribution in [1.82, 2.24) is 5.32 Å². The van der Waals surface area contributed by atoms with Crippen molar-refractivity contribution in [3.8, 4) is 11.5 Å². The minimum absolute atomic E-state index is 0.202. The molecule has 0 atom stereocenters. The van der Waals surface area contributed by atoms with Crippen LogP contribution in [0, 0.1) is 6.92 Å². The second-order valence-corrected chi connectivity index (χ2v) is 8.34. The fraction of sp³-hybridized carbons (Fsp3) is 0.238. The van der Waals surface area contributed by atoms with Gasteiger partial charge in [0.05, 0.1) is 23.8 Å². The zero-order valence-corrected chi connectivity index (χ0v) is 19.4. The third kappa shape index (κ3) is 5.15. The second kappa shape index (κ2) is 9.69. The minimum Gasteiger partial charge on any atom is -0.490 e. The predicted molar refractivity (Wildman–Crippen MR) is 123 cm³/mol. The van der Waals surface area contributed by atoms with E-state index in [9.17, 15) is 4.79 Å². The van der Waals surface area contributed by atoms with Crippen LogP contribution in [-0.2, 0) is 4.79 Å². The molecule has 5 nitrogen and oxygen atoms in total. The monoisotopic (exact) mass is 494 g/mol. The molecule has 152 valence electrons. The van der Waals surface area contributed by atoms with Gasteiger partial charge in [-0.25, -0.2) is 4.99 Å². The van der Waals surface area contributed by atoms with Crippen LogP contribution in [-0.4, -0.2) is 24.3 Å². The van der Waals surface area contributed by atoms with Gasteiger partial charge in [0.15, 0.2) is 16.7 Å². The summed E-state index contributed by atoms with van der Waals surface area (Å²) in [5.74, 6) is 1.09. The number of aliphatic imine (C=N–C) groups is 1. The van der Waals surface area contributed by atoms with Crippen molar-refractivity contribution >= 4 is 62.1 Å². The van der Waals surface area contributed by atoms with E-state index in [4.69, 9.17) is 21.1 Å². The number of ether oxygens (including phenoxy) is 2. The number of carbonyl (C=O) groups excluding carboxylic acids is 1. The number of thioether (sulfide) groups is 1. The third-order valence-corrected chi connectivity index (χ3v) is 6.07. The number of carbonyl (C=O) groups is 1. The largest absolute Gasteiger partial charge is 0.490 e. The Morgan fingerprint density at radius 3 is 2.59 bits per heavy atom. The lowest BCUT2D eigenvalue weighted by Gasteiger charge is -2.13. The van der Waals surface area contributed by atoms with Crippen LogP contribution in [0.15, 0.2) is 44.7 Å². The highest BCUT2D eigenvalue weighted by Crippen LogP contribution is 2.37. The van der Waals surface area contributed by atoms with Crippen LogP contribution in [0.25, 0.3) is 6.08 Å². The summed E-state index contributed by atoms with van der Waals surface area (Å²) in [4.78, 5) is 17.5. The number of rotatable bonds is 6. The summed E-state index contributed by atoms with van der Waals surface area (Å²) in [6.45, 7) is 6.78. The van der Waals surface area contributed by atoms with Gasteiger partial charge in [-0.15, -0.1) is 0 Å². The molecule has 1 aliphatic rings. The Hall–Kier alpha value is -1.96. The Balaban J connectivity index is 1.91. The lowest BCUT2D eigenvalue weighted by molar-refractivity contribution is -0.115. The third-order valence-electron chi connectivity index (χ3n) is 4.06. The van der Waals surface area contributed by atoms with Gasteiger partial charge < -0.3 is 14.8 Å². The van der Waals surface area contributed by atoms with E-state index in [0.717, 1.165) is 21.3 Å². The normalized spacial score (nSPS) is 16.4. The van der Waals surface area contributed by atoms with Crippen LogP contribution in [0.3, 0.4) is 0 Å². The Labute approximate surface area is 187 Å². The molecule has 3 rings (SSSR count). The van der Waals surface area contributed by atoms with E-state index in [1.807, 2.05) is 51.1 Å². The fourth-order valence-electron chi connectivity index (χ4n) is 2.65. The van der Waals surface area contributed by atoms with Crippen LogP contribution < -0.4 is 14.8 Å². The second-order valence-electron chi connectivity index (χ2n) is 6.05. The average molecular weight is 496 g/mol. The number of nitrogens with zero attached hydrogens (tertiary/aromatic N) is 1. The number of benzene rings is 2. The topological polar surface area (TPSA) is 59.9 Å². The van der Waals surface area contributed by atoms with E-state index in [-0.39, 0.29) is 5.91 Å². The quantitative estimate of drug-likeness (QED) is 0.492. The van der Waals surface area contributed by atoms with Crippen LogP contribution in [0.2, 0.25) is 5.02 Å². The van der Waals surface area contributed by atoms with E-state index >= 15 is 0 Å². The molecule has 1 aliphatic heterocycles. The first-order chi connectivity index (χ1) is 13.9. The molecule has 2 aromatic carbocycles. The molecule has 0 aliphatic carbocycles. The number of nitrogens with one attached hydrogen (secondary N) is 1. The molecule has 0 radical (unpaired) electrons. The summed E-state index contributed by atoms with van der Waals surface area (Å²) in [6, 6.07) is 9.21. The average Bonchev–Trinajstić information content (AvgIpc) is 3.02. The first-order valence-corrected chi connectivity index (χ1v) is 11.1. The number of amidine groups is 1. The SMILES string of the molecule is CCOc1cc(Br)c(/C=C2/SC(=Nc3cccc(Cl)c3C)NC2=O)cc1OCC. The molecule has 0 bridgehead atoms. The number of hydrogen-bond acceptors (Lipinski definition) is 5. The molecule has 0 saturated carbocycles. The van der Waals surface area contributed by atoms with Crippen molar-refractivity contribution in [3.63, 3.8) is 0 Å². The van der Waals surface area contributed by atoms with Crippen molar-refractivity contribution in [2.45, 2.75) is 20.8 Å². The van der Waals surface area contributed by atoms with E-state index in [1.165, 1.54) is 11.8 Å². The standard InChI is InChI=1S/C21H20BrClN2O3S/c1-4-27-17-9-13(14(22)11-18(17)28-5-2)10-19-20(26)25-21(29-19)24-16-8-6-7-15(23)12(16)3/h6-11H,4-5H2,1-3H3,(H,24,25,26)/b19-10+. The summed E-state index contributed by atoms with van der Waals surface area (Å²) >= 11 is 11.0. The van der Waals surface area contributed by atoms with Crippen LogP contribution >= 0.6 is 39.3 Å². The summed E-state index contributed by atoms with van der Waals surface area (Å²) in [5, 5.41) is 3.95. The van der Waals surface area contributed by atoms with Crippen LogP contribution in [0.4, 0.5) is 5.69 Å². The van der Waals surface area contributed by atoms with Gasteiger partial charge in [-0.2, -0.15) is 0 Å². The molecule has 1 N–H and O–H groups in total. The molecule has 29 heavy (non-hydrogen) atoms. The Bertz CT molecular complexity index is 1010. The van der Waals surface area contributed by atoms with E-state index in [1.54, 1.807) is 6.08 Å². The van der Waals surface area contributed by atoms with Crippen molar-refractivity contribution in [2.24, 2.45) is 4.99 Å². The highest BCUT2D eigenvalue weighted by Gasteiger charge is 2.24. The maximum absolute atomic E-state index is 12.4. The summed E-state index contributed by atoms with van der Waals surface area (Å²) in [5.41, 5.74) is 2.40. The fourth-order valence-corrected chi connectivity index (χ4v) is 4.08. The first-order valence-electron chi connectivity index (χ1n) is 9.06. The van der Waals surface area contributed by atoms with Gasteiger partial charge in [0.25, 0.3) is 5.91 Å². The summed E-state index contributed by atoms with van der Waals surface area (Å²) < 4.78 is 12.1. The van der Waals surface area contributed by atoms with Gasteiger partial charge in [0.1, 0.15) is 0 Å². The van der Waals surface area contributed by atoms with Gasteiger partial charge in [-0.05, 0) is 74.0 Å². The molecule has 0 unspecified atom stereocenters. The summed E-state index contributed by atoms with van der Waals surface area (Å²) in [6.07, 6.45) is 1.80. The van der Waals surface area contributed by atoms with Crippen molar-refractivity contribution < 1.29 is 14.3 Å². The Morgan fingerprint density at radius 2 is 1.90 bits per heavy atom. The molecular formula is C21H20BrClN2O3S. The molecule has 1 fully saturated rings. The maximum Gasteiger partial charge on any atom is 0.264 e. The molecule has 1 amide bonds. The lowest BCUT2D eigenvalue weighted by Crippen LogP contribution is -2.19. The highest BCUT2D eigenvalue weighted by molar-refractivity contribution is 9.10. The highest BCUT2D eigenvalue weighted by atomic mass is 79.9. The van der Waals surface area contributed by atoms with Gasteiger partial charge in [-0.3, -0.25) is 4.79 Å². The van der Waals surface area contributed by atoms with E-state index in [2.05, 4.69) is 26.2 Å². The molecule has 0 aromatic heterocycles. The molecule has 2 aromatic rings. The Kier molecular flexibility index (Phi) is 7.27. The zero-order valence-electron chi connectivity index (χ0n) is 16.2. The number of hydrogen-bond donors (Lipinski definition) is 1. The van der Waals surface area contributed by atoms with Crippen molar-refractivity contribution in [2.75, 3.05) is 13.2 Å². The molecule has 8 heteroatoms. The van der Waals surface area contributed by atoms with Crippen LogP contribution in [0.1, 0.15) is 25.0 Å². The molecule has 1 saturated heterocycles. The van der Waals surface area contributed by atoms with E-state index in [0.29, 0.717) is 39.8 Å². The number of amides is 1. The summed E-state index contributed by atoms with van der Waals surface area (Å²) in [7, 11) is 0. The molecule has 1 heterocycles. The smallest absolute Gasteiger partial charge is 0.264 e. The van der Waals surface area contributed by atoms with Gasteiger partial charge >= 0.3 is 0 Å². The van der Waals surface area contributed by atoms with Crippen molar-refractivity contribution in [1.29, 1.82) is 0 Å². The minimum atomic E-state index is -0.202. The molecule has 0 spiro atoms. The van der Waals surface area contributed by atoms with Gasteiger partial charge in [-0.1, -0.05) is 33.6 Å². The first kappa shape index (κ1) is 21.7. The van der Waals surface area contributed by atoms with Gasteiger partial charge in [0.2, 0.25) is 0 Å². The van der Waals surface area contributed by atoms with E-state index < -0.39 is 0 Å². The zero-order chi connectivity index (χ0) is 21.0. The molecular weight excluding hydrogens is 476 g/mol. The lowest BCUT2D eigenvalue weighted by atomic mass is 10.2. The maximum atomic E-state index is 12.4. The van der Waals surface area contributed by atoms with Crippen molar-refractivity contribution in [3.05, 3.63) is 55.9 Å². The predicted octanol–water partition coefficient (Wildman–Crippen LogP) is 6.10.